The van der Waals surface area contributed by atoms with Crippen LogP contribution in [0, 0.1) is 0 Å². The van der Waals surface area contributed by atoms with E-state index in [0.717, 1.165) is 39.1 Å². The molecule has 0 bridgehead atoms. The fourth-order valence-electron chi connectivity index (χ4n) is 2.16. The van der Waals surface area contributed by atoms with Crippen molar-refractivity contribution in [1.29, 1.82) is 0 Å². The number of aryl methyl sites for hydroxylation is 1. The van der Waals surface area contributed by atoms with E-state index in [4.69, 9.17) is 10.5 Å². The molecule has 0 atom stereocenters. The normalized spacial score (nSPS) is 15.7. The van der Waals surface area contributed by atoms with Crippen LogP contribution in [0.25, 0.3) is 0 Å². The van der Waals surface area contributed by atoms with Gasteiger partial charge in [-0.3, -0.25) is 4.79 Å². The number of nitrogens with zero attached hydrogens (tertiary/aromatic N) is 1. The van der Waals surface area contributed by atoms with E-state index in [-0.39, 0.29) is 5.91 Å². The molecule has 1 amide bonds. The van der Waals surface area contributed by atoms with Crippen LogP contribution in [-0.2, 0) is 16.0 Å². The standard InChI is InChI=1S/C14H20N2O2/c15-14(17)3-1-2-12-4-6-13(7-5-12)16-8-10-18-11-9-16/h4-7H,1-3,8-11H2,(H2,15,17). The summed E-state index contributed by atoms with van der Waals surface area (Å²) in [6, 6.07) is 8.55. The van der Waals surface area contributed by atoms with Gasteiger partial charge in [0, 0.05) is 25.2 Å². The number of ether oxygens (including phenoxy) is 1. The molecule has 1 heterocycles. The van der Waals surface area contributed by atoms with E-state index in [1.54, 1.807) is 0 Å². The number of carbonyl (C=O) groups excluding carboxylic acids is 1. The van der Waals surface area contributed by atoms with Gasteiger partial charge >= 0.3 is 0 Å². The number of rotatable bonds is 5. The second-order valence-electron chi connectivity index (χ2n) is 4.59. The zero-order valence-corrected chi connectivity index (χ0v) is 10.6. The van der Waals surface area contributed by atoms with Crippen molar-refractivity contribution in [2.45, 2.75) is 19.3 Å². The van der Waals surface area contributed by atoms with Crippen LogP contribution >= 0.6 is 0 Å². The molecule has 2 rings (SSSR count). The van der Waals surface area contributed by atoms with Gasteiger partial charge in [0.05, 0.1) is 13.2 Å². The van der Waals surface area contributed by atoms with E-state index in [1.807, 2.05) is 0 Å². The number of morpholine rings is 1. The first-order chi connectivity index (χ1) is 8.75. The largest absolute Gasteiger partial charge is 0.378 e. The van der Waals surface area contributed by atoms with E-state index in [0.29, 0.717) is 6.42 Å². The summed E-state index contributed by atoms with van der Waals surface area (Å²) in [6.45, 7) is 3.53. The molecule has 4 nitrogen and oxygen atoms in total. The molecule has 0 aromatic heterocycles. The van der Waals surface area contributed by atoms with Gasteiger partial charge in [0.1, 0.15) is 0 Å². The quantitative estimate of drug-likeness (QED) is 0.855. The molecule has 98 valence electrons. The monoisotopic (exact) mass is 248 g/mol. The van der Waals surface area contributed by atoms with Gasteiger partial charge in [-0.15, -0.1) is 0 Å². The van der Waals surface area contributed by atoms with E-state index in [1.165, 1.54) is 11.3 Å². The minimum Gasteiger partial charge on any atom is -0.378 e. The van der Waals surface area contributed by atoms with Crippen molar-refractivity contribution in [3.8, 4) is 0 Å². The fraction of sp³-hybridized carbons (Fsp3) is 0.500. The zero-order chi connectivity index (χ0) is 12.8. The summed E-state index contributed by atoms with van der Waals surface area (Å²) in [5, 5.41) is 0. The Morgan fingerprint density at radius 1 is 1.22 bits per heavy atom. The average Bonchev–Trinajstić information content (AvgIpc) is 2.40. The molecule has 0 unspecified atom stereocenters. The Balaban J connectivity index is 1.86. The minimum atomic E-state index is -0.222. The number of anilines is 1. The summed E-state index contributed by atoms with van der Waals surface area (Å²) >= 11 is 0. The first-order valence-electron chi connectivity index (χ1n) is 6.45. The lowest BCUT2D eigenvalue weighted by Gasteiger charge is -2.28. The Labute approximate surface area is 108 Å². The Bertz CT molecular complexity index is 383. The molecule has 0 spiro atoms. The molecule has 1 aromatic carbocycles. The lowest BCUT2D eigenvalue weighted by atomic mass is 10.1. The second-order valence-corrected chi connectivity index (χ2v) is 4.59. The van der Waals surface area contributed by atoms with Gasteiger partial charge in [0.15, 0.2) is 0 Å². The zero-order valence-electron chi connectivity index (χ0n) is 10.6. The molecule has 1 fully saturated rings. The van der Waals surface area contributed by atoms with Crippen molar-refractivity contribution in [2.75, 3.05) is 31.2 Å². The van der Waals surface area contributed by atoms with Crippen molar-refractivity contribution in [3.05, 3.63) is 29.8 Å². The summed E-state index contributed by atoms with van der Waals surface area (Å²) in [6.07, 6.45) is 2.20. The smallest absolute Gasteiger partial charge is 0.217 e. The van der Waals surface area contributed by atoms with Gasteiger partial charge in [-0.1, -0.05) is 12.1 Å². The molecule has 1 aliphatic rings. The number of amides is 1. The van der Waals surface area contributed by atoms with Gasteiger partial charge in [-0.25, -0.2) is 0 Å². The first kappa shape index (κ1) is 12.9. The maximum absolute atomic E-state index is 10.7. The van der Waals surface area contributed by atoms with Crippen LogP contribution in [0.2, 0.25) is 0 Å². The lowest BCUT2D eigenvalue weighted by molar-refractivity contribution is -0.118. The third kappa shape index (κ3) is 3.74. The van der Waals surface area contributed by atoms with E-state index >= 15 is 0 Å². The van der Waals surface area contributed by atoms with Crippen molar-refractivity contribution in [2.24, 2.45) is 5.73 Å². The summed E-state index contributed by atoms with van der Waals surface area (Å²) in [5.74, 6) is -0.222. The van der Waals surface area contributed by atoms with Crippen LogP contribution in [0.3, 0.4) is 0 Å². The van der Waals surface area contributed by atoms with Crippen LogP contribution in [-0.4, -0.2) is 32.2 Å². The molecular weight excluding hydrogens is 228 g/mol. The van der Waals surface area contributed by atoms with Gasteiger partial charge in [0.25, 0.3) is 0 Å². The molecule has 0 aliphatic carbocycles. The highest BCUT2D eigenvalue weighted by Gasteiger charge is 2.10. The molecule has 2 N–H and O–H groups in total. The molecule has 1 aromatic rings. The van der Waals surface area contributed by atoms with Gasteiger partial charge in [-0.05, 0) is 30.5 Å². The highest BCUT2D eigenvalue weighted by atomic mass is 16.5. The highest BCUT2D eigenvalue weighted by molar-refractivity contribution is 5.73. The highest BCUT2D eigenvalue weighted by Crippen LogP contribution is 2.17. The summed E-state index contributed by atoms with van der Waals surface area (Å²) in [4.78, 5) is 13.0. The Hall–Kier alpha value is -1.55. The third-order valence-corrected chi connectivity index (χ3v) is 3.20. The molecular formula is C14H20N2O2. The molecule has 4 heteroatoms. The number of hydrogen-bond donors (Lipinski definition) is 1. The van der Waals surface area contributed by atoms with Crippen molar-refractivity contribution < 1.29 is 9.53 Å². The van der Waals surface area contributed by atoms with E-state index in [9.17, 15) is 4.79 Å². The first-order valence-corrected chi connectivity index (χ1v) is 6.45. The summed E-state index contributed by atoms with van der Waals surface area (Å²) in [7, 11) is 0. The SMILES string of the molecule is NC(=O)CCCc1ccc(N2CCOCC2)cc1. The topological polar surface area (TPSA) is 55.6 Å². The van der Waals surface area contributed by atoms with E-state index in [2.05, 4.69) is 29.2 Å². The van der Waals surface area contributed by atoms with Crippen LogP contribution in [0.4, 0.5) is 5.69 Å². The number of carbonyl (C=O) groups is 1. The Morgan fingerprint density at radius 3 is 2.50 bits per heavy atom. The molecule has 18 heavy (non-hydrogen) atoms. The van der Waals surface area contributed by atoms with Crippen LogP contribution < -0.4 is 10.6 Å². The van der Waals surface area contributed by atoms with Crippen LogP contribution in [0.15, 0.2) is 24.3 Å². The molecule has 0 saturated carbocycles. The van der Waals surface area contributed by atoms with E-state index < -0.39 is 0 Å². The maximum Gasteiger partial charge on any atom is 0.217 e. The predicted molar refractivity (Wildman–Crippen MR) is 71.6 cm³/mol. The van der Waals surface area contributed by atoms with Crippen molar-refractivity contribution in [3.63, 3.8) is 0 Å². The molecule has 1 aliphatic heterocycles. The number of primary amides is 1. The average molecular weight is 248 g/mol. The van der Waals surface area contributed by atoms with Gasteiger partial charge in [0.2, 0.25) is 5.91 Å². The Morgan fingerprint density at radius 2 is 1.89 bits per heavy atom. The molecule has 1 saturated heterocycles. The summed E-state index contributed by atoms with van der Waals surface area (Å²) < 4.78 is 5.34. The fourth-order valence-corrected chi connectivity index (χ4v) is 2.16. The van der Waals surface area contributed by atoms with Crippen molar-refractivity contribution in [1.82, 2.24) is 0 Å². The van der Waals surface area contributed by atoms with Gasteiger partial charge in [-0.2, -0.15) is 0 Å². The number of benzene rings is 1. The predicted octanol–water partition coefficient (Wildman–Crippen LogP) is 1.33. The third-order valence-electron chi connectivity index (χ3n) is 3.20. The summed E-state index contributed by atoms with van der Waals surface area (Å²) in [5.41, 5.74) is 7.63. The van der Waals surface area contributed by atoms with Crippen molar-refractivity contribution >= 4 is 11.6 Å². The van der Waals surface area contributed by atoms with Gasteiger partial charge < -0.3 is 15.4 Å². The number of nitrogens with two attached hydrogens (primary N) is 1. The van der Waals surface area contributed by atoms with Crippen LogP contribution in [0.5, 0.6) is 0 Å². The lowest BCUT2D eigenvalue weighted by Crippen LogP contribution is -2.36. The number of hydrogen-bond acceptors (Lipinski definition) is 3. The molecule has 0 radical (unpaired) electrons. The maximum atomic E-state index is 10.7. The minimum absolute atomic E-state index is 0.222. The second kappa shape index (κ2) is 6.40. The Kier molecular flexibility index (Phi) is 4.59. The van der Waals surface area contributed by atoms with Crippen LogP contribution in [0.1, 0.15) is 18.4 Å².